The SMILES string of the molecule is C/C=C(\C)C1=c2cc/c(=C/CCC)cc2Oc2cc(N(CC)CC)ccc21.CC/C=C/OCCCCP(=O)(O)O.CCC.CN.NC=O. The van der Waals surface area contributed by atoms with Crippen molar-refractivity contribution in [3.63, 3.8) is 0 Å². The number of ether oxygens (including phenoxy) is 2. The fraction of sp³-hybridized carbons (Fsp3) is 0.500. The van der Waals surface area contributed by atoms with E-state index in [1.807, 2.05) is 13.0 Å². The Hall–Kier alpha value is -3.36. The van der Waals surface area contributed by atoms with Gasteiger partial charge in [-0.05, 0) is 95.0 Å². The molecule has 3 rings (SSSR count). The molecular weight excluding hydrogens is 625 g/mol. The highest BCUT2D eigenvalue weighted by atomic mass is 31.2. The Morgan fingerprint density at radius 3 is 2.12 bits per heavy atom. The number of nitrogens with two attached hydrogens (primary N) is 2. The number of nitrogens with zero attached hydrogens (tertiary/aromatic N) is 1. The van der Waals surface area contributed by atoms with Crippen molar-refractivity contribution in [2.24, 2.45) is 11.5 Å². The molecule has 0 spiro atoms. The molecular formula is C38H64N3O6P. The molecule has 0 aliphatic carbocycles. The van der Waals surface area contributed by atoms with Gasteiger partial charge < -0.3 is 35.6 Å². The molecule has 272 valence electrons. The summed E-state index contributed by atoms with van der Waals surface area (Å²) in [6.45, 7) is 19.6. The lowest BCUT2D eigenvalue weighted by Gasteiger charge is -2.26. The molecule has 48 heavy (non-hydrogen) atoms. The van der Waals surface area contributed by atoms with E-state index in [4.69, 9.17) is 24.1 Å². The maximum atomic E-state index is 10.4. The number of amides is 1. The molecule has 1 heterocycles. The van der Waals surface area contributed by atoms with Crippen LogP contribution >= 0.6 is 7.60 Å². The van der Waals surface area contributed by atoms with Crippen molar-refractivity contribution >= 4 is 31.3 Å². The topological polar surface area (TPSA) is 148 Å². The minimum atomic E-state index is -3.80. The summed E-state index contributed by atoms with van der Waals surface area (Å²) in [5.41, 5.74) is 13.6. The second-order valence-electron chi connectivity index (χ2n) is 10.6. The lowest BCUT2D eigenvalue weighted by molar-refractivity contribution is -0.106. The average molecular weight is 690 g/mol. The van der Waals surface area contributed by atoms with E-state index in [0.29, 0.717) is 19.4 Å². The molecule has 0 radical (unpaired) electrons. The summed E-state index contributed by atoms with van der Waals surface area (Å²) in [5.74, 6) is 1.91. The van der Waals surface area contributed by atoms with Crippen LogP contribution in [-0.4, -0.2) is 49.1 Å². The predicted octanol–water partition coefficient (Wildman–Crippen LogP) is 7.36. The Balaban J connectivity index is 0. The number of anilines is 1. The first-order chi connectivity index (χ1) is 23.0. The van der Waals surface area contributed by atoms with Gasteiger partial charge in [0.1, 0.15) is 11.5 Å². The molecule has 9 nitrogen and oxygen atoms in total. The molecule has 1 aliphatic heterocycles. The summed E-state index contributed by atoms with van der Waals surface area (Å²) in [4.78, 5) is 28.0. The molecule has 0 fully saturated rings. The number of allylic oxidation sites excluding steroid dienone is 3. The predicted molar refractivity (Wildman–Crippen MR) is 205 cm³/mol. The fourth-order valence-electron chi connectivity index (χ4n) is 4.42. The Morgan fingerprint density at radius 1 is 0.979 bits per heavy atom. The van der Waals surface area contributed by atoms with Crippen molar-refractivity contribution in [1.82, 2.24) is 0 Å². The van der Waals surface area contributed by atoms with Crippen molar-refractivity contribution in [3.05, 3.63) is 76.4 Å². The Labute approximate surface area is 290 Å². The molecule has 0 aromatic heterocycles. The number of carbonyl (C=O) groups excluding carboxylic acids is 1. The largest absolute Gasteiger partial charge is 0.502 e. The molecule has 6 N–H and O–H groups in total. The normalized spacial score (nSPS) is 11.9. The fourth-order valence-corrected chi connectivity index (χ4v) is 5.06. The molecule has 1 aliphatic rings. The van der Waals surface area contributed by atoms with Crippen LogP contribution in [0.3, 0.4) is 0 Å². The maximum absolute atomic E-state index is 10.4. The van der Waals surface area contributed by atoms with Crippen molar-refractivity contribution in [2.45, 2.75) is 93.9 Å². The van der Waals surface area contributed by atoms with Crippen LogP contribution in [0.15, 0.2) is 60.4 Å². The highest BCUT2D eigenvalue weighted by Crippen LogP contribution is 2.38. The second-order valence-corrected chi connectivity index (χ2v) is 12.4. The van der Waals surface area contributed by atoms with Gasteiger partial charge in [0.15, 0.2) is 0 Å². The summed E-state index contributed by atoms with van der Waals surface area (Å²) in [7, 11) is -2.30. The summed E-state index contributed by atoms with van der Waals surface area (Å²) < 4.78 is 21.9. The molecule has 0 saturated carbocycles. The number of hydrogen-bond acceptors (Lipinski definition) is 6. The van der Waals surface area contributed by atoms with Crippen LogP contribution in [0.1, 0.15) is 99.5 Å². The van der Waals surface area contributed by atoms with E-state index in [-0.39, 0.29) is 12.6 Å². The summed E-state index contributed by atoms with van der Waals surface area (Å²) in [6, 6.07) is 13.2. The zero-order chi connectivity index (χ0) is 37.0. The summed E-state index contributed by atoms with van der Waals surface area (Å²) in [6.07, 6.45) is 13.8. The van der Waals surface area contributed by atoms with E-state index in [2.05, 4.69) is 113 Å². The summed E-state index contributed by atoms with van der Waals surface area (Å²) >= 11 is 0. The van der Waals surface area contributed by atoms with Crippen LogP contribution in [0.25, 0.3) is 11.6 Å². The molecule has 1 amide bonds. The van der Waals surface area contributed by atoms with Crippen molar-refractivity contribution < 1.29 is 28.6 Å². The maximum Gasteiger partial charge on any atom is 0.325 e. The van der Waals surface area contributed by atoms with Crippen LogP contribution in [0, 0.1) is 0 Å². The van der Waals surface area contributed by atoms with Gasteiger partial charge in [0, 0.05) is 41.8 Å². The Bertz CT molecular complexity index is 1380. The van der Waals surface area contributed by atoms with E-state index in [1.165, 1.54) is 46.3 Å². The quantitative estimate of drug-likeness (QED) is 0.0738. The van der Waals surface area contributed by atoms with E-state index in [1.54, 1.807) is 6.26 Å². The van der Waals surface area contributed by atoms with Gasteiger partial charge >= 0.3 is 7.60 Å². The lowest BCUT2D eigenvalue weighted by Crippen LogP contribution is -2.23. The van der Waals surface area contributed by atoms with Crippen molar-refractivity contribution in [1.29, 1.82) is 0 Å². The Kier molecular flexibility index (Phi) is 27.9. The van der Waals surface area contributed by atoms with Gasteiger partial charge in [-0.15, -0.1) is 0 Å². The van der Waals surface area contributed by atoms with E-state index < -0.39 is 7.60 Å². The van der Waals surface area contributed by atoms with Gasteiger partial charge in [0.2, 0.25) is 6.41 Å². The van der Waals surface area contributed by atoms with Gasteiger partial charge in [0.25, 0.3) is 0 Å². The number of unbranched alkanes of at least 4 members (excludes halogenated alkanes) is 2. The van der Waals surface area contributed by atoms with Gasteiger partial charge in [-0.2, -0.15) is 0 Å². The lowest BCUT2D eigenvalue weighted by atomic mass is 9.92. The number of benzene rings is 2. The molecule has 10 heteroatoms. The third kappa shape index (κ3) is 18.8. The van der Waals surface area contributed by atoms with Gasteiger partial charge in [-0.1, -0.05) is 70.9 Å². The molecule has 0 bridgehead atoms. The van der Waals surface area contributed by atoms with Crippen LogP contribution < -0.4 is 31.5 Å². The smallest absolute Gasteiger partial charge is 0.325 e. The highest BCUT2D eigenvalue weighted by molar-refractivity contribution is 7.51. The zero-order valence-corrected chi connectivity index (χ0v) is 31.9. The van der Waals surface area contributed by atoms with E-state index >= 15 is 0 Å². The average Bonchev–Trinajstić information content (AvgIpc) is 3.07. The van der Waals surface area contributed by atoms with Crippen LogP contribution in [0.5, 0.6) is 11.5 Å². The number of fused-ring (bicyclic) bond motifs is 2. The summed E-state index contributed by atoms with van der Waals surface area (Å²) in [5, 5.41) is 2.42. The number of hydrogen-bond donors (Lipinski definition) is 4. The molecule has 0 unspecified atom stereocenters. The minimum absolute atomic E-state index is 0.0478. The molecule has 2 aromatic carbocycles. The van der Waals surface area contributed by atoms with Crippen molar-refractivity contribution in [3.8, 4) is 11.5 Å². The van der Waals surface area contributed by atoms with Gasteiger partial charge in [0.05, 0.1) is 12.9 Å². The molecule has 0 atom stereocenters. The number of primary amides is 1. The number of carbonyl (C=O) groups is 1. The van der Waals surface area contributed by atoms with Crippen LogP contribution in [-0.2, 0) is 14.1 Å². The third-order valence-corrected chi connectivity index (χ3v) is 7.64. The molecule has 2 aromatic rings. The van der Waals surface area contributed by atoms with Gasteiger partial charge in [-0.25, -0.2) is 0 Å². The van der Waals surface area contributed by atoms with Crippen molar-refractivity contribution in [2.75, 3.05) is 37.8 Å². The highest BCUT2D eigenvalue weighted by Gasteiger charge is 2.20. The second kappa shape index (κ2) is 28.6. The first-order valence-electron chi connectivity index (χ1n) is 17.1. The van der Waals surface area contributed by atoms with Gasteiger partial charge in [-0.3, -0.25) is 9.36 Å². The van der Waals surface area contributed by atoms with Crippen LogP contribution in [0.4, 0.5) is 5.69 Å². The molecule has 0 saturated heterocycles. The standard InChI is InChI=1S/C25H31NO.C8H17O4P.C3H8.CH3NO.CH5N/c1-6-10-11-19-12-14-21-23(16-19)27-24-17-20(26(8-3)9-4)13-15-22(24)25(21)18(5)7-2;1-2-3-6-12-7-4-5-8-13(9,10)11;1-3-2;2-1-3;1-2/h7,11-17H,6,8-10H2,1-5H3;3,6H,2,4-5,7-8H2,1H3,(H2,9,10,11);3H2,1-2H3;1H,(H2,2,3);2H2,1H3/b18-7+,19-11-;6-3+;;;. The Morgan fingerprint density at radius 2 is 1.60 bits per heavy atom. The first kappa shape index (κ1) is 46.8. The van der Waals surface area contributed by atoms with E-state index in [9.17, 15) is 4.57 Å². The first-order valence-corrected chi connectivity index (χ1v) is 18.9. The monoisotopic (exact) mass is 689 g/mol. The zero-order valence-electron chi connectivity index (χ0n) is 31.0. The minimum Gasteiger partial charge on any atom is -0.502 e. The van der Waals surface area contributed by atoms with E-state index in [0.717, 1.165) is 43.9 Å². The third-order valence-electron chi connectivity index (χ3n) is 6.74. The number of rotatable bonds is 13. The van der Waals surface area contributed by atoms with Crippen LogP contribution in [0.2, 0.25) is 0 Å².